The molecular weight excluding hydrogens is 136 g/mol. The Kier molecular flexibility index (Phi) is 1.57. The maximum atomic E-state index is 10.6. The lowest BCUT2D eigenvalue weighted by Gasteiger charge is -1.93. The SMILES string of the molecule is COC(=O)n1cc[nH]c1=O. The number of H-pyrrole nitrogens is 1. The topological polar surface area (TPSA) is 64.1 Å². The zero-order valence-corrected chi connectivity index (χ0v) is 5.33. The highest BCUT2D eigenvalue weighted by atomic mass is 16.5. The summed E-state index contributed by atoms with van der Waals surface area (Å²) in [5.41, 5.74) is -0.494. The number of imidazole rings is 1. The summed E-state index contributed by atoms with van der Waals surface area (Å²) >= 11 is 0. The van der Waals surface area contributed by atoms with Gasteiger partial charge in [-0.3, -0.25) is 0 Å². The van der Waals surface area contributed by atoms with Gasteiger partial charge in [0.15, 0.2) is 0 Å². The monoisotopic (exact) mass is 142 g/mol. The Morgan fingerprint density at radius 1 is 1.80 bits per heavy atom. The number of aromatic amines is 1. The largest absolute Gasteiger partial charge is 0.452 e. The summed E-state index contributed by atoms with van der Waals surface area (Å²) in [6.45, 7) is 0. The fourth-order valence-electron chi connectivity index (χ4n) is 0.562. The second-order valence-corrected chi connectivity index (χ2v) is 1.61. The molecule has 1 N–H and O–H groups in total. The third kappa shape index (κ3) is 0.928. The van der Waals surface area contributed by atoms with Crippen LogP contribution in [0.3, 0.4) is 0 Å². The Morgan fingerprint density at radius 3 is 2.90 bits per heavy atom. The molecule has 0 aliphatic carbocycles. The highest BCUT2D eigenvalue weighted by Crippen LogP contribution is 1.80. The van der Waals surface area contributed by atoms with Crippen molar-refractivity contribution in [1.29, 1.82) is 0 Å². The molecule has 0 atom stereocenters. The molecule has 0 aliphatic heterocycles. The predicted octanol–water partition coefficient (Wildman–Crippen LogP) is -0.209. The van der Waals surface area contributed by atoms with Crippen molar-refractivity contribution in [2.24, 2.45) is 0 Å². The Balaban J connectivity index is 3.05. The Morgan fingerprint density at radius 2 is 2.50 bits per heavy atom. The molecule has 1 aromatic rings. The average Bonchev–Trinajstić information content (AvgIpc) is 2.34. The molecule has 0 radical (unpaired) electrons. The summed E-state index contributed by atoms with van der Waals surface area (Å²) in [6, 6.07) is 0. The first-order chi connectivity index (χ1) is 4.75. The van der Waals surface area contributed by atoms with Gasteiger partial charge in [0.2, 0.25) is 0 Å². The van der Waals surface area contributed by atoms with Crippen LogP contribution in [-0.4, -0.2) is 22.8 Å². The molecule has 0 aliphatic rings. The third-order valence-corrected chi connectivity index (χ3v) is 1.02. The number of aromatic nitrogens is 2. The van der Waals surface area contributed by atoms with Gasteiger partial charge in [-0.25, -0.2) is 14.2 Å². The number of nitrogens with zero attached hydrogens (tertiary/aromatic N) is 1. The van der Waals surface area contributed by atoms with E-state index in [1.54, 1.807) is 0 Å². The molecule has 0 amide bonds. The molecule has 0 spiro atoms. The van der Waals surface area contributed by atoms with Gasteiger partial charge in [-0.15, -0.1) is 0 Å². The smallest absolute Gasteiger partial charge is 0.421 e. The molecule has 5 heteroatoms. The van der Waals surface area contributed by atoms with E-state index in [1.807, 2.05) is 0 Å². The number of carbonyl (C=O) groups is 1. The molecule has 0 unspecified atom stereocenters. The highest BCUT2D eigenvalue weighted by molar-refractivity contribution is 5.69. The Hall–Kier alpha value is -1.52. The highest BCUT2D eigenvalue weighted by Gasteiger charge is 2.04. The van der Waals surface area contributed by atoms with Crippen molar-refractivity contribution < 1.29 is 9.53 Å². The fraction of sp³-hybridized carbons (Fsp3) is 0.200. The first-order valence-electron chi connectivity index (χ1n) is 2.60. The lowest BCUT2D eigenvalue weighted by Crippen LogP contribution is -2.23. The molecule has 54 valence electrons. The lowest BCUT2D eigenvalue weighted by molar-refractivity contribution is 0.172. The quantitative estimate of drug-likeness (QED) is 0.545. The predicted molar refractivity (Wildman–Crippen MR) is 32.9 cm³/mol. The minimum atomic E-state index is -0.689. The molecule has 10 heavy (non-hydrogen) atoms. The van der Waals surface area contributed by atoms with Gasteiger partial charge in [-0.1, -0.05) is 0 Å². The standard InChI is InChI=1S/C5H6N2O3/c1-10-5(9)7-3-2-6-4(7)8/h2-3H,1H3,(H,6,8). The minimum Gasteiger partial charge on any atom is -0.452 e. The number of rotatable bonds is 0. The molecular formula is C5H6N2O3. The van der Waals surface area contributed by atoms with Crippen molar-refractivity contribution >= 4 is 6.09 Å². The van der Waals surface area contributed by atoms with Crippen LogP contribution in [-0.2, 0) is 4.74 Å². The van der Waals surface area contributed by atoms with E-state index < -0.39 is 11.8 Å². The van der Waals surface area contributed by atoms with Gasteiger partial charge in [-0.2, -0.15) is 0 Å². The fourth-order valence-corrected chi connectivity index (χ4v) is 0.562. The van der Waals surface area contributed by atoms with Crippen LogP contribution in [0.15, 0.2) is 17.2 Å². The van der Waals surface area contributed by atoms with Crippen molar-refractivity contribution in [2.45, 2.75) is 0 Å². The number of hydrogen-bond donors (Lipinski definition) is 1. The average molecular weight is 142 g/mol. The van der Waals surface area contributed by atoms with Crippen LogP contribution in [0.1, 0.15) is 0 Å². The van der Waals surface area contributed by atoms with Gasteiger partial charge < -0.3 is 9.72 Å². The van der Waals surface area contributed by atoms with Crippen LogP contribution >= 0.6 is 0 Å². The summed E-state index contributed by atoms with van der Waals surface area (Å²) in [7, 11) is 1.21. The number of ether oxygens (including phenoxy) is 1. The summed E-state index contributed by atoms with van der Waals surface area (Å²) in [5.74, 6) is 0. The second kappa shape index (κ2) is 2.38. The maximum absolute atomic E-state index is 10.6. The molecule has 0 fully saturated rings. The van der Waals surface area contributed by atoms with E-state index >= 15 is 0 Å². The van der Waals surface area contributed by atoms with E-state index in [-0.39, 0.29) is 0 Å². The van der Waals surface area contributed by atoms with Crippen LogP contribution in [0, 0.1) is 0 Å². The number of hydrogen-bond acceptors (Lipinski definition) is 3. The van der Waals surface area contributed by atoms with Crippen LogP contribution in [0.5, 0.6) is 0 Å². The molecule has 5 nitrogen and oxygen atoms in total. The van der Waals surface area contributed by atoms with Gasteiger partial charge in [0.25, 0.3) is 0 Å². The van der Waals surface area contributed by atoms with Crippen molar-refractivity contribution in [2.75, 3.05) is 7.11 Å². The van der Waals surface area contributed by atoms with Crippen molar-refractivity contribution in [3.05, 3.63) is 22.9 Å². The van der Waals surface area contributed by atoms with Gasteiger partial charge in [-0.05, 0) is 0 Å². The number of methoxy groups -OCH3 is 1. The van der Waals surface area contributed by atoms with Gasteiger partial charge in [0.1, 0.15) is 0 Å². The van der Waals surface area contributed by atoms with Crippen molar-refractivity contribution in [3.8, 4) is 0 Å². The van der Waals surface area contributed by atoms with Crippen LogP contribution < -0.4 is 5.69 Å². The van der Waals surface area contributed by atoms with E-state index in [4.69, 9.17) is 0 Å². The second-order valence-electron chi connectivity index (χ2n) is 1.61. The van der Waals surface area contributed by atoms with E-state index in [1.165, 1.54) is 19.5 Å². The van der Waals surface area contributed by atoms with Crippen LogP contribution in [0.2, 0.25) is 0 Å². The van der Waals surface area contributed by atoms with Crippen molar-refractivity contribution in [3.63, 3.8) is 0 Å². The Bertz CT molecular complexity index is 285. The molecule has 0 saturated carbocycles. The third-order valence-electron chi connectivity index (χ3n) is 1.02. The summed E-state index contributed by atoms with van der Waals surface area (Å²) < 4.78 is 5.11. The van der Waals surface area contributed by atoms with E-state index in [9.17, 15) is 9.59 Å². The van der Waals surface area contributed by atoms with E-state index in [0.29, 0.717) is 0 Å². The molecule has 1 aromatic heterocycles. The summed E-state index contributed by atoms with van der Waals surface area (Å²) in [5, 5.41) is 0. The first-order valence-corrected chi connectivity index (χ1v) is 2.60. The van der Waals surface area contributed by atoms with E-state index in [0.717, 1.165) is 4.57 Å². The van der Waals surface area contributed by atoms with Gasteiger partial charge >= 0.3 is 11.8 Å². The Labute approximate surface area is 56.2 Å². The van der Waals surface area contributed by atoms with E-state index in [2.05, 4.69) is 9.72 Å². The summed E-state index contributed by atoms with van der Waals surface area (Å²) in [4.78, 5) is 23.5. The van der Waals surface area contributed by atoms with Crippen molar-refractivity contribution in [1.82, 2.24) is 9.55 Å². The van der Waals surface area contributed by atoms with Gasteiger partial charge in [0.05, 0.1) is 7.11 Å². The molecule has 1 rings (SSSR count). The molecule has 0 saturated heterocycles. The zero-order chi connectivity index (χ0) is 7.56. The molecule has 0 bridgehead atoms. The van der Waals surface area contributed by atoms with Crippen LogP contribution in [0.4, 0.5) is 4.79 Å². The zero-order valence-electron chi connectivity index (χ0n) is 5.33. The lowest BCUT2D eigenvalue weighted by atomic mass is 10.9. The maximum Gasteiger partial charge on any atom is 0.421 e. The number of carbonyl (C=O) groups excluding carboxylic acids is 1. The van der Waals surface area contributed by atoms with Crippen LogP contribution in [0.25, 0.3) is 0 Å². The normalized spacial score (nSPS) is 9.30. The first kappa shape index (κ1) is 6.60. The van der Waals surface area contributed by atoms with Gasteiger partial charge in [0, 0.05) is 12.4 Å². The summed E-state index contributed by atoms with van der Waals surface area (Å²) in [6.07, 6.45) is 1.97. The number of nitrogens with one attached hydrogen (secondary N) is 1. The minimum absolute atomic E-state index is 0.494. The molecule has 0 aromatic carbocycles. The molecule has 1 heterocycles.